The Balaban J connectivity index is 1.53. The SMILES string of the molecule is COc1cccc2c1nc(N)n1nc([C@H]3CN(c4cn(CC(C)(C)O)nc4C)CC(F)(F)C3)nc21. The quantitative estimate of drug-likeness (QED) is 0.442. The van der Waals surface area contributed by atoms with Gasteiger partial charge in [0.05, 0.1) is 37.2 Å². The zero-order chi connectivity index (χ0) is 25.1. The molecule has 0 spiro atoms. The number of anilines is 2. The summed E-state index contributed by atoms with van der Waals surface area (Å²) in [4.78, 5) is 10.6. The van der Waals surface area contributed by atoms with E-state index in [0.29, 0.717) is 33.7 Å². The Kier molecular flexibility index (Phi) is 5.31. The largest absolute Gasteiger partial charge is 0.494 e. The van der Waals surface area contributed by atoms with E-state index >= 15 is 0 Å². The van der Waals surface area contributed by atoms with Gasteiger partial charge in [-0.25, -0.2) is 18.7 Å². The monoisotopic (exact) mass is 486 g/mol. The molecule has 35 heavy (non-hydrogen) atoms. The molecular formula is C23H28F2N8O2. The maximum absolute atomic E-state index is 14.9. The predicted octanol–water partition coefficient (Wildman–Crippen LogP) is 2.77. The number of para-hydroxylation sites is 1. The van der Waals surface area contributed by atoms with Crippen LogP contribution in [-0.4, -0.2) is 66.2 Å². The normalized spacial score (nSPS) is 18.5. The number of aliphatic hydroxyl groups is 1. The molecule has 10 nitrogen and oxygen atoms in total. The van der Waals surface area contributed by atoms with Gasteiger partial charge in [0.1, 0.15) is 11.3 Å². The van der Waals surface area contributed by atoms with Crippen LogP contribution >= 0.6 is 0 Å². The summed E-state index contributed by atoms with van der Waals surface area (Å²) in [5, 5.41) is 19.7. The van der Waals surface area contributed by atoms with Crippen LogP contribution in [0.5, 0.6) is 5.75 Å². The summed E-state index contributed by atoms with van der Waals surface area (Å²) in [7, 11) is 1.54. The third kappa shape index (κ3) is 4.33. The van der Waals surface area contributed by atoms with Crippen molar-refractivity contribution in [2.24, 2.45) is 0 Å². The van der Waals surface area contributed by atoms with E-state index in [4.69, 9.17) is 10.5 Å². The molecule has 3 aromatic heterocycles. The number of fused-ring (bicyclic) bond motifs is 3. The van der Waals surface area contributed by atoms with Crippen LogP contribution in [0.25, 0.3) is 16.6 Å². The van der Waals surface area contributed by atoms with E-state index in [2.05, 4.69) is 20.2 Å². The minimum atomic E-state index is -2.96. The predicted molar refractivity (Wildman–Crippen MR) is 127 cm³/mol. The van der Waals surface area contributed by atoms with Crippen molar-refractivity contribution in [2.75, 3.05) is 30.8 Å². The van der Waals surface area contributed by atoms with Crippen molar-refractivity contribution >= 4 is 28.2 Å². The van der Waals surface area contributed by atoms with Crippen molar-refractivity contribution in [3.63, 3.8) is 0 Å². The van der Waals surface area contributed by atoms with Crippen LogP contribution in [0.2, 0.25) is 0 Å². The lowest BCUT2D eigenvalue weighted by Gasteiger charge is -2.37. The number of hydrogen-bond acceptors (Lipinski definition) is 8. The molecule has 0 bridgehead atoms. The summed E-state index contributed by atoms with van der Waals surface area (Å²) in [5.74, 6) is -2.69. The molecule has 12 heteroatoms. The van der Waals surface area contributed by atoms with E-state index in [-0.39, 0.29) is 31.3 Å². The van der Waals surface area contributed by atoms with E-state index in [9.17, 15) is 13.9 Å². The van der Waals surface area contributed by atoms with Gasteiger partial charge < -0.3 is 20.5 Å². The van der Waals surface area contributed by atoms with Crippen LogP contribution in [0.3, 0.4) is 0 Å². The molecule has 3 N–H and O–H groups in total. The maximum atomic E-state index is 14.9. The number of aromatic nitrogens is 6. The molecule has 1 saturated heterocycles. The summed E-state index contributed by atoms with van der Waals surface area (Å²) in [6, 6.07) is 5.39. The fraction of sp³-hybridized carbons (Fsp3) is 0.478. The second-order valence-electron chi connectivity index (χ2n) is 9.78. The highest BCUT2D eigenvalue weighted by molar-refractivity contribution is 5.95. The first kappa shape index (κ1) is 23.2. The standard InChI is InChI=1S/C23H28F2N8O2/c1-13-16(10-32(29-13)11-22(2,3)34)31-9-14(8-23(24,25)12-31)19-28-20-15-6-5-7-17(35-4)18(15)27-21(26)33(20)30-19/h5-7,10,14,34H,8-9,11-12H2,1-4H3,(H2,26,27)/t14-/m1/s1. The average molecular weight is 487 g/mol. The van der Waals surface area contributed by atoms with Gasteiger partial charge in [0, 0.05) is 30.5 Å². The number of hydrogen-bond donors (Lipinski definition) is 2. The first-order chi connectivity index (χ1) is 16.4. The molecule has 1 aliphatic rings. The Bertz CT molecular complexity index is 1410. The van der Waals surface area contributed by atoms with E-state index in [1.165, 1.54) is 11.6 Å². The molecule has 186 valence electrons. The lowest BCUT2D eigenvalue weighted by Crippen LogP contribution is -2.46. The molecule has 0 amide bonds. The molecule has 1 fully saturated rings. The molecule has 0 saturated carbocycles. The Hall–Kier alpha value is -3.54. The number of nitrogens with two attached hydrogens (primary N) is 1. The van der Waals surface area contributed by atoms with E-state index in [1.807, 2.05) is 6.07 Å². The maximum Gasteiger partial charge on any atom is 0.266 e. The molecule has 4 aromatic rings. The summed E-state index contributed by atoms with van der Waals surface area (Å²) < 4.78 is 38.3. The fourth-order valence-electron chi connectivity index (χ4n) is 4.73. The Labute approximate surface area is 200 Å². The first-order valence-corrected chi connectivity index (χ1v) is 11.3. The van der Waals surface area contributed by atoms with Gasteiger partial charge in [-0.2, -0.15) is 9.61 Å². The lowest BCUT2D eigenvalue weighted by atomic mass is 9.94. The second kappa shape index (κ2) is 8.01. The number of piperidine rings is 1. The fourth-order valence-corrected chi connectivity index (χ4v) is 4.73. The smallest absolute Gasteiger partial charge is 0.266 e. The summed E-state index contributed by atoms with van der Waals surface area (Å²) in [6.07, 6.45) is 1.32. The van der Waals surface area contributed by atoms with Gasteiger partial charge in [-0.1, -0.05) is 6.07 Å². The lowest BCUT2D eigenvalue weighted by molar-refractivity contribution is -0.0192. The number of nitrogen functional groups attached to an aromatic ring is 1. The van der Waals surface area contributed by atoms with Crippen LogP contribution in [0.4, 0.5) is 20.4 Å². The van der Waals surface area contributed by atoms with Crippen molar-refractivity contribution in [1.82, 2.24) is 29.4 Å². The van der Waals surface area contributed by atoms with E-state index in [0.717, 1.165) is 0 Å². The van der Waals surface area contributed by atoms with Gasteiger partial charge in [0.2, 0.25) is 5.95 Å². The average Bonchev–Trinajstić information content (AvgIpc) is 3.35. The van der Waals surface area contributed by atoms with Gasteiger partial charge in [0.15, 0.2) is 11.5 Å². The Morgan fingerprint density at radius 1 is 1.26 bits per heavy atom. The molecule has 4 heterocycles. The molecule has 0 unspecified atom stereocenters. The number of alkyl halides is 2. The molecule has 1 atom stereocenters. The molecule has 5 rings (SSSR count). The summed E-state index contributed by atoms with van der Waals surface area (Å²) in [5.41, 5.74) is 7.34. The number of halogens is 2. The van der Waals surface area contributed by atoms with E-state index in [1.54, 1.807) is 48.7 Å². The Morgan fingerprint density at radius 3 is 2.74 bits per heavy atom. The zero-order valence-electron chi connectivity index (χ0n) is 20.0. The molecule has 1 aliphatic heterocycles. The topological polar surface area (TPSA) is 120 Å². The number of aryl methyl sites for hydroxylation is 1. The minimum Gasteiger partial charge on any atom is -0.494 e. The molecule has 0 radical (unpaired) electrons. The first-order valence-electron chi connectivity index (χ1n) is 11.3. The van der Waals surface area contributed by atoms with Crippen LogP contribution in [0.15, 0.2) is 24.4 Å². The number of rotatable bonds is 5. The van der Waals surface area contributed by atoms with Gasteiger partial charge in [-0.15, -0.1) is 5.10 Å². The van der Waals surface area contributed by atoms with Gasteiger partial charge >= 0.3 is 0 Å². The second-order valence-corrected chi connectivity index (χ2v) is 9.78. The van der Waals surface area contributed by atoms with Crippen molar-refractivity contribution in [1.29, 1.82) is 0 Å². The minimum absolute atomic E-state index is 0.0962. The highest BCUT2D eigenvalue weighted by Gasteiger charge is 2.43. The van der Waals surface area contributed by atoms with Gasteiger partial charge in [0.25, 0.3) is 5.92 Å². The number of methoxy groups -OCH3 is 1. The van der Waals surface area contributed by atoms with Crippen molar-refractivity contribution in [3.8, 4) is 5.75 Å². The zero-order valence-corrected chi connectivity index (χ0v) is 20.0. The number of benzene rings is 1. The highest BCUT2D eigenvalue weighted by Crippen LogP contribution is 2.38. The molecule has 0 aliphatic carbocycles. The van der Waals surface area contributed by atoms with Crippen LogP contribution in [0.1, 0.15) is 37.7 Å². The highest BCUT2D eigenvalue weighted by atomic mass is 19.3. The van der Waals surface area contributed by atoms with Gasteiger partial charge in [-0.05, 0) is 32.9 Å². The van der Waals surface area contributed by atoms with Crippen molar-refractivity contribution in [2.45, 2.75) is 51.2 Å². The van der Waals surface area contributed by atoms with Crippen LogP contribution in [-0.2, 0) is 6.54 Å². The number of nitrogens with zero attached hydrogens (tertiary/aromatic N) is 7. The third-order valence-electron chi connectivity index (χ3n) is 6.11. The molecule has 1 aromatic carbocycles. The van der Waals surface area contributed by atoms with Crippen molar-refractivity contribution < 1.29 is 18.6 Å². The summed E-state index contributed by atoms with van der Waals surface area (Å²) >= 11 is 0. The summed E-state index contributed by atoms with van der Waals surface area (Å²) in [6.45, 7) is 5.21. The van der Waals surface area contributed by atoms with Gasteiger partial charge in [-0.3, -0.25) is 4.68 Å². The van der Waals surface area contributed by atoms with E-state index < -0.39 is 24.0 Å². The van der Waals surface area contributed by atoms with Crippen LogP contribution < -0.4 is 15.4 Å². The Morgan fingerprint density at radius 2 is 2.03 bits per heavy atom. The van der Waals surface area contributed by atoms with Crippen LogP contribution in [0, 0.1) is 6.92 Å². The third-order valence-corrected chi connectivity index (χ3v) is 6.11. The molecular weight excluding hydrogens is 458 g/mol. The number of ether oxygens (including phenoxy) is 1. The van der Waals surface area contributed by atoms with Crippen molar-refractivity contribution in [3.05, 3.63) is 35.9 Å².